The van der Waals surface area contributed by atoms with E-state index in [1.165, 1.54) is 0 Å². The molecule has 0 saturated carbocycles. The molecule has 0 radical (unpaired) electrons. The van der Waals surface area contributed by atoms with Gasteiger partial charge in [0.1, 0.15) is 17.0 Å². The van der Waals surface area contributed by atoms with Crippen LogP contribution in [0.2, 0.25) is 0 Å². The van der Waals surface area contributed by atoms with Crippen LogP contribution in [0.3, 0.4) is 0 Å². The summed E-state index contributed by atoms with van der Waals surface area (Å²) in [6, 6.07) is 11.7. The number of carbonyl (C=O) groups excluding carboxylic acids is 2. The average Bonchev–Trinajstić information content (AvgIpc) is 3.37. The van der Waals surface area contributed by atoms with Crippen LogP contribution in [-0.2, 0) is 16.0 Å². The van der Waals surface area contributed by atoms with Gasteiger partial charge in [0.25, 0.3) is 0 Å². The summed E-state index contributed by atoms with van der Waals surface area (Å²) in [4.78, 5) is 29.7. The number of aromatic nitrogens is 1. The molecule has 0 bridgehead atoms. The van der Waals surface area contributed by atoms with Gasteiger partial charge in [0.05, 0.1) is 0 Å². The Hall–Kier alpha value is -2.63. The van der Waals surface area contributed by atoms with Crippen molar-refractivity contribution >= 4 is 11.8 Å². The maximum Gasteiger partial charge on any atom is 0.249 e. The van der Waals surface area contributed by atoms with Crippen LogP contribution in [-0.4, -0.2) is 51.9 Å². The van der Waals surface area contributed by atoms with E-state index in [-0.39, 0.29) is 11.8 Å². The molecule has 6 nitrogen and oxygen atoms in total. The minimum absolute atomic E-state index is 0.0503. The highest BCUT2D eigenvalue weighted by Crippen LogP contribution is 2.36. The van der Waals surface area contributed by atoms with Crippen LogP contribution >= 0.6 is 0 Å². The first-order chi connectivity index (χ1) is 13.6. The van der Waals surface area contributed by atoms with E-state index in [9.17, 15) is 9.59 Å². The SMILES string of the molecule is CC(=O)N1CCC[C@@]1(Cc1cc(-c2ccccc2)no1)C(=O)N1CCCCC1. The van der Waals surface area contributed by atoms with E-state index in [1.54, 1.807) is 11.8 Å². The normalized spacial score (nSPS) is 22.5. The zero-order valence-electron chi connectivity index (χ0n) is 16.4. The molecular weight excluding hydrogens is 354 g/mol. The highest BCUT2D eigenvalue weighted by molar-refractivity contribution is 5.92. The van der Waals surface area contributed by atoms with Gasteiger partial charge in [-0.2, -0.15) is 0 Å². The number of piperidine rings is 1. The molecule has 6 heteroatoms. The lowest BCUT2D eigenvalue weighted by molar-refractivity contribution is -0.151. The molecule has 0 N–H and O–H groups in total. The van der Waals surface area contributed by atoms with Gasteiger partial charge in [-0.1, -0.05) is 35.5 Å². The standard InChI is InChI=1S/C22H27N3O3/c1-17(26)25-14-8-11-22(25,21(27)24-12-6-3-7-13-24)16-19-15-20(23-28-19)18-9-4-2-5-10-18/h2,4-5,9-10,15H,3,6-8,11-14,16H2,1H3/t22-/m1/s1. The van der Waals surface area contributed by atoms with Gasteiger partial charge in [0.15, 0.2) is 0 Å². The minimum Gasteiger partial charge on any atom is -0.361 e. The molecule has 148 valence electrons. The summed E-state index contributed by atoms with van der Waals surface area (Å²) in [6.45, 7) is 3.73. The molecule has 0 spiro atoms. The molecule has 0 unspecified atom stereocenters. The number of nitrogens with zero attached hydrogens (tertiary/aromatic N) is 3. The van der Waals surface area contributed by atoms with Crippen molar-refractivity contribution in [2.45, 2.75) is 51.0 Å². The fourth-order valence-electron chi connectivity index (χ4n) is 4.64. The largest absolute Gasteiger partial charge is 0.361 e. The van der Waals surface area contributed by atoms with Crippen molar-refractivity contribution in [3.8, 4) is 11.3 Å². The summed E-state index contributed by atoms with van der Waals surface area (Å²) in [7, 11) is 0. The molecule has 2 aliphatic rings. The Balaban J connectivity index is 1.64. The molecule has 0 aliphatic carbocycles. The second kappa shape index (κ2) is 7.78. The van der Waals surface area contributed by atoms with Crippen LogP contribution in [0.5, 0.6) is 0 Å². The molecule has 3 heterocycles. The lowest BCUT2D eigenvalue weighted by Gasteiger charge is -2.41. The number of hydrogen-bond donors (Lipinski definition) is 0. The molecule has 2 saturated heterocycles. The summed E-state index contributed by atoms with van der Waals surface area (Å²) in [5.41, 5.74) is 0.878. The van der Waals surface area contributed by atoms with Gasteiger partial charge >= 0.3 is 0 Å². The zero-order valence-corrected chi connectivity index (χ0v) is 16.4. The predicted octanol–water partition coefficient (Wildman–Crippen LogP) is 3.28. The molecule has 1 aromatic carbocycles. The first-order valence-corrected chi connectivity index (χ1v) is 10.2. The summed E-state index contributed by atoms with van der Waals surface area (Å²) in [5.74, 6) is 0.667. The highest BCUT2D eigenvalue weighted by atomic mass is 16.5. The van der Waals surface area contributed by atoms with E-state index >= 15 is 0 Å². The van der Waals surface area contributed by atoms with Crippen molar-refractivity contribution in [3.05, 3.63) is 42.2 Å². The molecule has 28 heavy (non-hydrogen) atoms. The Morgan fingerprint density at radius 3 is 2.54 bits per heavy atom. The third-order valence-corrected chi connectivity index (χ3v) is 6.01. The van der Waals surface area contributed by atoms with Gasteiger partial charge in [-0.3, -0.25) is 9.59 Å². The van der Waals surface area contributed by atoms with Crippen LogP contribution in [0.1, 0.15) is 44.8 Å². The van der Waals surface area contributed by atoms with Gasteiger partial charge in [-0.15, -0.1) is 0 Å². The molecule has 1 atom stereocenters. The first-order valence-electron chi connectivity index (χ1n) is 10.2. The van der Waals surface area contributed by atoms with E-state index in [0.717, 1.165) is 50.0 Å². The van der Waals surface area contributed by atoms with Gasteiger partial charge in [0.2, 0.25) is 11.8 Å². The quantitative estimate of drug-likeness (QED) is 0.815. The topological polar surface area (TPSA) is 66.7 Å². The Morgan fingerprint density at radius 2 is 1.82 bits per heavy atom. The van der Waals surface area contributed by atoms with Gasteiger partial charge in [-0.05, 0) is 32.1 Å². The average molecular weight is 381 g/mol. The number of likely N-dealkylation sites (tertiary alicyclic amines) is 2. The number of rotatable bonds is 4. The Bertz CT molecular complexity index is 842. The molecule has 2 fully saturated rings. The molecular formula is C22H27N3O3. The smallest absolute Gasteiger partial charge is 0.249 e. The van der Waals surface area contributed by atoms with Crippen molar-refractivity contribution in [1.82, 2.24) is 15.0 Å². The first kappa shape index (κ1) is 18.7. The van der Waals surface area contributed by atoms with E-state index in [4.69, 9.17) is 4.52 Å². The van der Waals surface area contributed by atoms with E-state index in [2.05, 4.69) is 5.16 Å². The van der Waals surface area contributed by atoms with E-state index in [1.807, 2.05) is 41.3 Å². The molecule has 2 aromatic rings. The summed E-state index contributed by atoms with van der Waals surface area (Å²) in [5, 5.41) is 4.20. The minimum atomic E-state index is -0.851. The zero-order chi connectivity index (χ0) is 19.6. The van der Waals surface area contributed by atoms with Crippen LogP contribution in [0.15, 0.2) is 40.9 Å². The summed E-state index contributed by atoms with van der Waals surface area (Å²) < 4.78 is 5.61. The van der Waals surface area contributed by atoms with Crippen molar-refractivity contribution in [2.24, 2.45) is 0 Å². The van der Waals surface area contributed by atoms with Gasteiger partial charge in [-0.25, -0.2) is 0 Å². The van der Waals surface area contributed by atoms with Gasteiger partial charge < -0.3 is 14.3 Å². The molecule has 2 aliphatic heterocycles. The Kier molecular flexibility index (Phi) is 5.20. The second-order valence-corrected chi connectivity index (χ2v) is 7.88. The Labute approximate surface area is 165 Å². The number of hydrogen-bond acceptors (Lipinski definition) is 4. The summed E-state index contributed by atoms with van der Waals surface area (Å²) >= 11 is 0. The maximum absolute atomic E-state index is 13.6. The molecule has 1 aromatic heterocycles. The maximum atomic E-state index is 13.6. The lowest BCUT2D eigenvalue weighted by atomic mass is 9.87. The third kappa shape index (κ3) is 3.43. The van der Waals surface area contributed by atoms with Crippen LogP contribution in [0, 0.1) is 0 Å². The number of benzene rings is 1. The fourth-order valence-corrected chi connectivity index (χ4v) is 4.64. The van der Waals surface area contributed by atoms with Crippen molar-refractivity contribution in [1.29, 1.82) is 0 Å². The van der Waals surface area contributed by atoms with E-state index < -0.39 is 5.54 Å². The number of carbonyl (C=O) groups is 2. The highest BCUT2D eigenvalue weighted by Gasteiger charge is 2.51. The molecule has 4 rings (SSSR count). The van der Waals surface area contributed by atoms with E-state index in [0.29, 0.717) is 25.1 Å². The van der Waals surface area contributed by atoms with Crippen LogP contribution < -0.4 is 0 Å². The van der Waals surface area contributed by atoms with Crippen molar-refractivity contribution in [3.63, 3.8) is 0 Å². The Morgan fingerprint density at radius 1 is 1.07 bits per heavy atom. The lowest BCUT2D eigenvalue weighted by Crippen LogP contribution is -2.60. The van der Waals surface area contributed by atoms with Gasteiger partial charge in [0, 0.05) is 44.6 Å². The van der Waals surface area contributed by atoms with Crippen LogP contribution in [0.4, 0.5) is 0 Å². The predicted molar refractivity (Wildman–Crippen MR) is 105 cm³/mol. The van der Waals surface area contributed by atoms with Crippen molar-refractivity contribution < 1.29 is 14.1 Å². The third-order valence-electron chi connectivity index (χ3n) is 6.01. The van der Waals surface area contributed by atoms with Crippen molar-refractivity contribution in [2.75, 3.05) is 19.6 Å². The number of amides is 2. The molecule has 2 amide bonds. The fraction of sp³-hybridized carbons (Fsp3) is 0.500. The monoisotopic (exact) mass is 381 g/mol. The second-order valence-electron chi connectivity index (χ2n) is 7.88. The summed E-state index contributed by atoms with van der Waals surface area (Å²) in [6.07, 6.45) is 5.10. The van der Waals surface area contributed by atoms with Crippen LogP contribution in [0.25, 0.3) is 11.3 Å².